The molecule has 0 unspecified atom stereocenters. The molecule has 0 atom stereocenters. The van der Waals surface area contributed by atoms with Crippen LogP contribution in [0.1, 0.15) is 30.0 Å². The Kier molecular flexibility index (Phi) is 9.48. The zero-order chi connectivity index (χ0) is 23.3. The molecular weight excluding hydrogens is 402 g/mol. The number of carbonyl (C=O) groups is 1. The van der Waals surface area contributed by atoms with Gasteiger partial charge in [0, 0.05) is 6.08 Å². The van der Waals surface area contributed by atoms with E-state index in [4.69, 9.17) is 14.7 Å². The van der Waals surface area contributed by atoms with E-state index in [0.717, 1.165) is 16.6 Å². The lowest BCUT2D eigenvalue weighted by atomic mass is 10.2. The van der Waals surface area contributed by atoms with Gasteiger partial charge in [0.15, 0.2) is 0 Å². The monoisotopic (exact) mass is 429 g/mol. The van der Waals surface area contributed by atoms with Crippen LogP contribution in [0.3, 0.4) is 0 Å². The van der Waals surface area contributed by atoms with E-state index in [1.54, 1.807) is 36.4 Å². The first-order chi connectivity index (χ1) is 15.7. The first-order valence-corrected chi connectivity index (χ1v) is 10.3. The lowest BCUT2D eigenvalue weighted by molar-refractivity contribution is 0.0600. The van der Waals surface area contributed by atoms with Crippen LogP contribution >= 0.6 is 0 Å². The van der Waals surface area contributed by atoms with Gasteiger partial charge in [-0.3, -0.25) is 0 Å². The van der Waals surface area contributed by atoms with Crippen molar-refractivity contribution in [1.29, 1.82) is 5.26 Å². The van der Waals surface area contributed by atoms with E-state index in [2.05, 4.69) is 17.6 Å². The average molecular weight is 430 g/mol. The molecular formula is C26H27N3O3. The molecule has 0 N–H and O–H groups in total. The fourth-order valence-corrected chi connectivity index (χ4v) is 2.99. The Balaban J connectivity index is 0.00000176. The molecule has 0 amide bonds. The standard InChI is InChI=1S/C24H21N3O3.C2H6/c1-3-4-8-18(13-14-25)16-27-22-12-6-5-11-21(22)26-23(27)17-30-20-10-7-9-19(15-20)24(28)29-2;1-2/h3-13,15H,1,16-17H2,2H3;1-2H3/b8-4-,18-13-;. The summed E-state index contributed by atoms with van der Waals surface area (Å²) in [5, 5.41) is 9.12. The summed E-state index contributed by atoms with van der Waals surface area (Å²) >= 11 is 0. The summed E-state index contributed by atoms with van der Waals surface area (Å²) in [6, 6.07) is 16.7. The number of rotatable bonds is 8. The highest BCUT2D eigenvalue weighted by Gasteiger charge is 2.13. The summed E-state index contributed by atoms with van der Waals surface area (Å²) in [4.78, 5) is 16.4. The molecule has 6 heteroatoms. The lowest BCUT2D eigenvalue weighted by Gasteiger charge is -2.11. The van der Waals surface area contributed by atoms with Crippen molar-refractivity contribution in [2.24, 2.45) is 0 Å². The van der Waals surface area contributed by atoms with Crippen LogP contribution in [0, 0.1) is 11.3 Å². The number of allylic oxidation sites excluding steroid dienone is 5. The van der Waals surface area contributed by atoms with Gasteiger partial charge in [-0.15, -0.1) is 0 Å². The Labute approximate surface area is 188 Å². The highest BCUT2D eigenvalue weighted by molar-refractivity contribution is 5.89. The number of ether oxygens (including phenoxy) is 2. The van der Waals surface area contributed by atoms with Crippen molar-refractivity contribution in [2.75, 3.05) is 7.11 Å². The second-order valence-electron chi connectivity index (χ2n) is 6.35. The molecule has 0 saturated carbocycles. The van der Waals surface area contributed by atoms with E-state index in [0.29, 0.717) is 23.7 Å². The smallest absolute Gasteiger partial charge is 0.337 e. The van der Waals surface area contributed by atoms with Crippen molar-refractivity contribution in [1.82, 2.24) is 9.55 Å². The largest absolute Gasteiger partial charge is 0.486 e. The molecule has 0 fully saturated rings. The van der Waals surface area contributed by atoms with E-state index in [9.17, 15) is 4.79 Å². The number of hydrogen-bond acceptors (Lipinski definition) is 5. The number of para-hydroxylation sites is 2. The number of benzene rings is 2. The zero-order valence-corrected chi connectivity index (χ0v) is 18.6. The summed E-state index contributed by atoms with van der Waals surface area (Å²) in [5.74, 6) is 0.819. The third-order valence-electron chi connectivity index (χ3n) is 4.39. The average Bonchev–Trinajstić information content (AvgIpc) is 3.19. The maximum atomic E-state index is 11.7. The number of carbonyl (C=O) groups excluding carboxylic acids is 1. The summed E-state index contributed by atoms with van der Waals surface area (Å²) in [7, 11) is 1.34. The number of hydrogen-bond donors (Lipinski definition) is 0. The maximum Gasteiger partial charge on any atom is 0.337 e. The van der Waals surface area contributed by atoms with Crippen LogP contribution in [0.15, 0.2) is 85.0 Å². The van der Waals surface area contributed by atoms with Gasteiger partial charge in [0.2, 0.25) is 0 Å². The van der Waals surface area contributed by atoms with Crippen LogP contribution < -0.4 is 4.74 Å². The molecule has 164 valence electrons. The maximum absolute atomic E-state index is 11.7. The summed E-state index contributed by atoms with van der Waals surface area (Å²) in [6.45, 7) is 8.33. The molecule has 3 rings (SSSR count). The second kappa shape index (κ2) is 12.6. The van der Waals surface area contributed by atoms with Gasteiger partial charge in [0.1, 0.15) is 18.2 Å². The van der Waals surface area contributed by atoms with Crippen molar-refractivity contribution < 1.29 is 14.3 Å². The van der Waals surface area contributed by atoms with Crippen molar-refractivity contribution in [3.05, 3.63) is 96.4 Å². The van der Waals surface area contributed by atoms with Crippen molar-refractivity contribution in [2.45, 2.75) is 27.0 Å². The molecule has 2 aromatic carbocycles. The number of nitrogens with zero attached hydrogens (tertiary/aromatic N) is 3. The fourth-order valence-electron chi connectivity index (χ4n) is 2.99. The summed E-state index contributed by atoms with van der Waals surface area (Å²) < 4.78 is 12.7. The fraction of sp³-hybridized carbons (Fsp3) is 0.192. The molecule has 1 aromatic heterocycles. The van der Waals surface area contributed by atoms with Crippen LogP contribution in [0.2, 0.25) is 0 Å². The summed E-state index contributed by atoms with van der Waals surface area (Å²) in [5.41, 5.74) is 3.01. The highest BCUT2D eigenvalue weighted by Crippen LogP contribution is 2.21. The minimum absolute atomic E-state index is 0.199. The number of methoxy groups -OCH3 is 1. The Morgan fingerprint density at radius 1 is 1.22 bits per heavy atom. The zero-order valence-electron chi connectivity index (χ0n) is 18.6. The predicted octanol–water partition coefficient (Wildman–Crippen LogP) is 5.62. The topological polar surface area (TPSA) is 77.1 Å². The first kappa shape index (κ1) is 24.2. The minimum atomic E-state index is -0.423. The van der Waals surface area contributed by atoms with Gasteiger partial charge in [-0.1, -0.05) is 56.9 Å². The third kappa shape index (κ3) is 6.19. The molecule has 0 spiro atoms. The van der Waals surface area contributed by atoms with Crippen LogP contribution in [-0.4, -0.2) is 22.6 Å². The van der Waals surface area contributed by atoms with E-state index in [1.807, 2.05) is 48.8 Å². The van der Waals surface area contributed by atoms with Crippen LogP contribution in [0.5, 0.6) is 5.75 Å². The van der Waals surface area contributed by atoms with Gasteiger partial charge in [-0.2, -0.15) is 5.26 Å². The van der Waals surface area contributed by atoms with Crippen LogP contribution in [-0.2, 0) is 17.9 Å². The molecule has 0 saturated heterocycles. The number of nitriles is 1. The number of esters is 1. The highest BCUT2D eigenvalue weighted by atomic mass is 16.5. The van der Waals surface area contributed by atoms with Gasteiger partial charge in [-0.05, 0) is 35.9 Å². The lowest BCUT2D eigenvalue weighted by Crippen LogP contribution is -2.09. The SMILES string of the molecule is C=C/C=C\C(=C\C#N)Cn1c(COc2cccc(C(=O)OC)c2)nc2ccccc21.CC. The molecule has 0 aliphatic carbocycles. The molecule has 32 heavy (non-hydrogen) atoms. The molecule has 6 nitrogen and oxygen atoms in total. The van der Waals surface area contributed by atoms with E-state index in [-0.39, 0.29) is 6.61 Å². The van der Waals surface area contributed by atoms with E-state index in [1.165, 1.54) is 13.2 Å². The quantitative estimate of drug-likeness (QED) is 0.264. The number of imidazole rings is 1. The Hall–Kier alpha value is -4.11. The second-order valence-corrected chi connectivity index (χ2v) is 6.35. The molecule has 0 aliphatic heterocycles. The Morgan fingerprint density at radius 2 is 2.00 bits per heavy atom. The summed E-state index contributed by atoms with van der Waals surface area (Å²) in [6.07, 6.45) is 6.79. The van der Waals surface area contributed by atoms with Gasteiger partial charge in [-0.25, -0.2) is 9.78 Å². The number of aromatic nitrogens is 2. The van der Waals surface area contributed by atoms with Crippen molar-refractivity contribution in [3.8, 4) is 11.8 Å². The molecule has 0 bridgehead atoms. The van der Waals surface area contributed by atoms with Gasteiger partial charge >= 0.3 is 5.97 Å². The normalized spacial score (nSPS) is 10.9. The van der Waals surface area contributed by atoms with Crippen LogP contribution in [0.4, 0.5) is 0 Å². The number of fused-ring (bicyclic) bond motifs is 1. The molecule has 0 aliphatic rings. The first-order valence-electron chi connectivity index (χ1n) is 10.3. The molecule has 0 radical (unpaired) electrons. The van der Waals surface area contributed by atoms with Gasteiger partial charge in [0.25, 0.3) is 0 Å². The Bertz CT molecular complexity index is 1170. The van der Waals surface area contributed by atoms with E-state index < -0.39 is 5.97 Å². The Morgan fingerprint density at radius 3 is 2.72 bits per heavy atom. The molecule has 1 heterocycles. The molecule has 3 aromatic rings. The van der Waals surface area contributed by atoms with Crippen molar-refractivity contribution >= 4 is 17.0 Å². The minimum Gasteiger partial charge on any atom is -0.486 e. The van der Waals surface area contributed by atoms with Gasteiger partial charge < -0.3 is 14.0 Å². The van der Waals surface area contributed by atoms with Crippen LogP contribution in [0.25, 0.3) is 11.0 Å². The predicted molar refractivity (Wildman–Crippen MR) is 126 cm³/mol. The third-order valence-corrected chi connectivity index (χ3v) is 4.39. The van der Waals surface area contributed by atoms with E-state index >= 15 is 0 Å². The van der Waals surface area contributed by atoms with Gasteiger partial charge in [0.05, 0.1) is 36.3 Å². The van der Waals surface area contributed by atoms with Crippen molar-refractivity contribution in [3.63, 3.8) is 0 Å².